The van der Waals surface area contributed by atoms with Crippen LogP contribution in [0.3, 0.4) is 0 Å². The fourth-order valence-electron chi connectivity index (χ4n) is 4.61. The number of carbonyl (C=O) groups excluding carboxylic acids is 1. The summed E-state index contributed by atoms with van der Waals surface area (Å²) in [6.45, 7) is 10.3. The molecule has 0 fully saturated rings. The third-order valence-electron chi connectivity index (χ3n) is 6.58. The van der Waals surface area contributed by atoms with Gasteiger partial charge in [-0.2, -0.15) is 10.2 Å². The average Bonchev–Trinajstić information content (AvgIpc) is 3.53. The Bertz CT molecular complexity index is 1650. The fraction of sp³-hybridized carbons (Fsp3) is 0.444. The summed E-state index contributed by atoms with van der Waals surface area (Å²) >= 11 is 1.17. The maximum absolute atomic E-state index is 14.4. The molecule has 1 N–H and O–H groups in total. The largest absolute Gasteiger partial charge is 0.496 e. The van der Waals surface area contributed by atoms with Crippen molar-refractivity contribution >= 4 is 27.5 Å². The predicted molar refractivity (Wildman–Crippen MR) is 150 cm³/mol. The molecule has 0 unspecified atom stereocenters. The number of methoxy groups -OCH3 is 1. The lowest BCUT2D eigenvalue weighted by Crippen LogP contribution is -2.56. The van der Waals surface area contributed by atoms with Crippen LogP contribution in [-0.4, -0.2) is 49.8 Å². The van der Waals surface area contributed by atoms with Gasteiger partial charge in [0.15, 0.2) is 0 Å². The van der Waals surface area contributed by atoms with E-state index in [1.807, 2.05) is 0 Å². The van der Waals surface area contributed by atoms with Crippen molar-refractivity contribution in [3.05, 3.63) is 68.4 Å². The van der Waals surface area contributed by atoms with E-state index in [4.69, 9.17) is 9.47 Å². The minimum absolute atomic E-state index is 0.0862. The van der Waals surface area contributed by atoms with Gasteiger partial charge in [-0.25, -0.2) is 13.8 Å². The molecule has 3 aromatic heterocycles. The van der Waals surface area contributed by atoms with Crippen molar-refractivity contribution in [1.29, 1.82) is 0 Å². The van der Waals surface area contributed by atoms with E-state index in [2.05, 4.69) is 15.5 Å². The topological polar surface area (TPSA) is 122 Å². The van der Waals surface area contributed by atoms with Crippen LogP contribution in [0.2, 0.25) is 0 Å². The first-order chi connectivity index (χ1) is 18.9. The minimum atomic E-state index is -1.54. The number of aryl methyl sites for hydroxylation is 1. The highest BCUT2D eigenvalue weighted by molar-refractivity contribution is 7.21. The van der Waals surface area contributed by atoms with Crippen molar-refractivity contribution in [2.45, 2.75) is 65.8 Å². The molecule has 4 aromatic rings. The van der Waals surface area contributed by atoms with Gasteiger partial charge in [-0.05, 0) is 59.7 Å². The summed E-state index contributed by atoms with van der Waals surface area (Å²) in [6.07, 6.45) is 2.20. The molecule has 0 saturated carbocycles. The smallest absolute Gasteiger partial charge is 0.333 e. The van der Waals surface area contributed by atoms with Crippen LogP contribution < -0.4 is 21.3 Å². The SMILES string of the molecule is CCO[C@@H](Cn1c(=O)n(C(C)(C)C(=O)NC(C)C)c(=O)c2c(C)c(-n3nccn3)sc21)c1cc(F)ccc1OC. The van der Waals surface area contributed by atoms with Crippen LogP contribution in [0.1, 0.15) is 51.8 Å². The molecule has 11 nitrogen and oxygen atoms in total. The number of ether oxygens (including phenoxy) is 2. The van der Waals surface area contributed by atoms with Crippen LogP contribution in [0.5, 0.6) is 5.75 Å². The zero-order valence-corrected chi connectivity index (χ0v) is 24.3. The standard InChI is InChI=1S/C27H33FN6O5S/c1-8-39-20(18-13-17(28)9-10-19(18)38-7)14-32-24-21(16(4)23(40-24)34-29-11-12-30-34)22(35)33(26(32)37)27(5,6)25(36)31-15(2)3/h9-13,15,20H,8,14H2,1-7H3,(H,31,36)/t20-/m0/s1. The third kappa shape index (κ3) is 5.18. The highest BCUT2D eigenvalue weighted by Crippen LogP contribution is 2.34. The predicted octanol–water partition coefficient (Wildman–Crippen LogP) is 3.30. The number of carbonyl (C=O) groups is 1. The van der Waals surface area contributed by atoms with E-state index < -0.39 is 34.6 Å². The fourth-order valence-corrected chi connectivity index (χ4v) is 5.82. The Labute approximate surface area is 234 Å². The van der Waals surface area contributed by atoms with Crippen LogP contribution in [-0.2, 0) is 21.6 Å². The second-order valence-electron chi connectivity index (χ2n) is 10.1. The zero-order valence-electron chi connectivity index (χ0n) is 23.5. The highest BCUT2D eigenvalue weighted by atomic mass is 32.1. The molecule has 0 bridgehead atoms. The Morgan fingerprint density at radius 3 is 2.48 bits per heavy atom. The molecule has 0 aliphatic carbocycles. The second kappa shape index (κ2) is 11.3. The van der Waals surface area contributed by atoms with Gasteiger partial charge >= 0.3 is 5.69 Å². The molecule has 214 valence electrons. The molecule has 4 rings (SSSR count). The minimum Gasteiger partial charge on any atom is -0.496 e. The summed E-state index contributed by atoms with van der Waals surface area (Å²) in [4.78, 5) is 43.2. The molecule has 13 heteroatoms. The van der Waals surface area contributed by atoms with Gasteiger partial charge in [-0.15, -0.1) is 4.80 Å². The summed E-state index contributed by atoms with van der Waals surface area (Å²) in [6, 6.07) is 3.86. The first-order valence-electron chi connectivity index (χ1n) is 12.8. The Hall–Kier alpha value is -3.84. The van der Waals surface area contributed by atoms with Crippen LogP contribution in [0.4, 0.5) is 4.39 Å². The van der Waals surface area contributed by atoms with E-state index in [-0.39, 0.29) is 24.6 Å². The number of halogens is 1. The van der Waals surface area contributed by atoms with Crippen LogP contribution in [0, 0.1) is 12.7 Å². The molecule has 1 atom stereocenters. The molecule has 0 aliphatic heterocycles. The van der Waals surface area contributed by atoms with Crippen molar-refractivity contribution in [3.8, 4) is 10.8 Å². The molecular weight excluding hydrogens is 539 g/mol. The van der Waals surface area contributed by atoms with Crippen molar-refractivity contribution < 1.29 is 18.7 Å². The molecule has 0 radical (unpaired) electrons. The van der Waals surface area contributed by atoms with E-state index in [0.717, 1.165) is 4.57 Å². The monoisotopic (exact) mass is 572 g/mol. The number of amides is 1. The number of nitrogens with one attached hydrogen (secondary N) is 1. The maximum Gasteiger partial charge on any atom is 0.333 e. The van der Waals surface area contributed by atoms with Crippen molar-refractivity contribution in [3.63, 3.8) is 0 Å². The van der Waals surface area contributed by atoms with Crippen LogP contribution >= 0.6 is 11.3 Å². The summed E-state index contributed by atoms with van der Waals surface area (Å²) in [5.74, 6) is -0.589. The number of hydrogen-bond donors (Lipinski definition) is 1. The van der Waals surface area contributed by atoms with Crippen molar-refractivity contribution in [1.82, 2.24) is 29.4 Å². The number of fused-ring (bicyclic) bond motifs is 1. The second-order valence-corrected chi connectivity index (χ2v) is 11.1. The molecule has 40 heavy (non-hydrogen) atoms. The number of nitrogens with zero attached hydrogens (tertiary/aromatic N) is 5. The van der Waals surface area contributed by atoms with Gasteiger partial charge in [0.05, 0.1) is 31.4 Å². The molecule has 1 amide bonds. The van der Waals surface area contributed by atoms with Gasteiger partial charge < -0.3 is 14.8 Å². The first kappa shape index (κ1) is 29.2. The number of benzene rings is 1. The lowest BCUT2D eigenvalue weighted by molar-refractivity contribution is -0.129. The maximum atomic E-state index is 14.4. The molecule has 0 saturated heterocycles. The van der Waals surface area contributed by atoms with E-state index >= 15 is 0 Å². The van der Waals surface area contributed by atoms with E-state index in [0.29, 0.717) is 26.7 Å². The lowest BCUT2D eigenvalue weighted by Gasteiger charge is -2.28. The summed E-state index contributed by atoms with van der Waals surface area (Å²) < 4.78 is 28.2. The molecule has 0 spiro atoms. The summed E-state index contributed by atoms with van der Waals surface area (Å²) in [5.41, 5.74) is -1.89. The van der Waals surface area contributed by atoms with Gasteiger partial charge in [0.2, 0.25) is 5.91 Å². The highest BCUT2D eigenvalue weighted by Gasteiger charge is 2.36. The number of rotatable bonds is 10. The van der Waals surface area contributed by atoms with Crippen molar-refractivity contribution in [2.75, 3.05) is 13.7 Å². The van der Waals surface area contributed by atoms with Gasteiger partial charge in [-0.3, -0.25) is 14.2 Å². The average molecular weight is 573 g/mol. The Balaban J connectivity index is 2.04. The lowest BCUT2D eigenvalue weighted by atomic mass is 10.0. The number of aromatic nitrogens is 5. The number of thiophene rings is 1. The van der Waals surface area contributed by atoms with Crippen LogP contribution in [0.15, 0.2) is 40.2 Å². The van der Waals surface area contributed by atoms with Gasteiger partial charge in [-0.1, -0.05) is 11.3 Å². The normalized spacial score (nSPS) is 12.7. The Morgan fingerprint density at radius 1 is 1.20 bits per heavy atom. The number of hydrogen-bond acceptors (Lipinski definition) is 8. The molecular formula is C27H33FN6O5S. The quantitative estimate of drug-likeness (QED) is 0.309. The molecule has 3 heterocycles. The molecule has 0 aliphatic rings. The van der Waals surface area contributed by atoms with Gasteiger partial charge in [0.1, 0.15) is 33.0 Å². The van der Waals surface area contributed by atoms with E-state index in [1.165, 1.54) is 72.3 Å². The molecule has 1 aromatic carbocycles. The summed E-state index contributed by atoms with van der Waals surface area (Å²) in [7, 11) is 1.46. The van der Waals surface area contributed by atoms with Crippen LogP contribution in [0.25, 0.3) is 15.2 Å². The Kier molecular flexibility index (Phi) is 8.26. The zero-order chi connectivity index (χ0) is 29.4. The van der Waals surface area contributed by atoms with E-state index in [1.54, 1.807) is 27.7 Å². The van der Waals surface area contributed by atoms with Gasteiger partial charge in [0.25, 0.3) is 5.56 Å². The van der Waals surface area contributed by atoms with E-state index in [9.17, 15) is 18.8 Å². The third-order valence-corrected chi connectivity index (χ3v) is 7.86. The summed E-state index contributed by atoms with van der Waals surface area (Å²) in [5, 5.41) is 12.0. The first-order valence-corrected chi connectivity index (χ1v) is 13.7. The Morgan fingerprint density at radius 2 is 1.88 bits per heavy atom. The van der Waals surface area contributed by atoms with Gasteiger partial charge in [0, 0.05) is 23.8 Å². The van der Waals surface area contributed by atoms with Crippen molar-refractivity contribution in [2.24, 2.45) is 0 Å².